The molecule has 0 fully saturated rings. The Hall–Kier alpha value is -0.810. The molecule has 1 rings (SSSR count). The van der Waals surface area contributed by atoms with Gasteiger partial charge in [0.15, 0.2) is 0 Å². The normalized spacial score (nSPS) is 18.4. The fraction of sp³-hybridized carbons (Fsp3) is 0.333. The van der Waals surface area contributed by atoms with Crippen LogP contribution in [0.1, 0.15) is 6.92 Å². The lowest BCUT2D eigenvalue weighted by Gasteiger charge is -2.18. The van der Waals surface area contributed by atoms with Crippen LogP contribution < -0.4 is 5.14 Å². The zero-order valence-electron chi connectivity index (χ0n) is 6.19. The van der Waals surface area contributed by atoms with E-state index in [0.717, 1.165) is 9.88 Å². The van der Waals surface area contributed by atoms with Crippen LogP contribution in [0.25, 0.3) is 0 Å². The second kappa shape index (κ2) is 2.67. The van der Waals surface area contributed by atoms with Gasteiger partial charge in [0, 0.05) is 6.20 Å². The third-order valence-electron chi connectivity index (χ3n) is 1.34. The average Bonchev–Trinajstić information content (AvgIpc) is 1.86. The summed E-state index contributed by atoms with van der Waals surface area (Å²) in [6, 6.07) is 0. The zero-order chi connectivity index (χ0) is 8.48. The van der Waals surface area contributed by atoms with Crippen LogP contribution in [0.4, 0.5) is 0 Å². The first kappa shape index (κ1) is 8.29. The van der Waals surface area contributed by atoms with Crippen molar-refractivity contribution >= 4 is 10.2 Å². The monoisotopic (exact) mass is 174 g/mol. The average molecular weight is 174 g/mol. The van der Waals surface area contributed by atoms with Crippen LogP contribution in [-0.2, 0) is 10.2 Å². The summed E-state index contributed by atoms with van der Waals surface area (Å²) in [5, 5.41) is 4.89. The second-order valence-corrected chi connectivity index (χ2v) is 3.89. The first-order valence-electron chi connectivity index (χ1n) is 3.14. The quantitative estimate of drug-likeness (QED) is 0.606. The standard InChI is InChI=1S/C6H10N2O2S/c1-6-3-2-4-8(5-6)11(7,9)10/h2-3,5H,4H2,1H3,(H2,7,9,10). The summed E-state index contributed by atoms with van der Waals surface area (Å²) in [6.07, 6.45) is 5.11. The summed E-state index contributed by atoms with van der Waals surface area (Å²) in [5.74, 6) is 0. The SMILES string of the molecule is CC1=CN(S(N)(=O)=O)CC=C1. The van der Waals surface area contributed by atoms with E-state index in [9.17, 15) is 8.42 Å². The highest BCUT2D eigenvalue weighted by atomic mass is 32.2. The lowest BCUT2D eigenvalue weighted by atomic mass is 10.2. The number of hydrogen-bond donors (Lipinski definition) is 1. The highest BCUT2D eigenvalue weighted by molar-refractivity contribution is 7.86. The van der Waals surface area contributed by atoms with Gasteiger partial charge in [-0.25, -0.2) is 5.14 Å². The van der Waals surface area contributed by atoms with Crippen LogP contribution in [0.5, 0.6) is 0 Å². The number of allylic oxidation sites excluding steroid dienone is 2. The Morgan fingerprint density at radius 2 is 2.27 bits per heavy atom. The van der Waals surface area contributed by atoms with E-state index in [1.807, 2.05) is 13.0 Å². The fourth-order valence-corrected chi connectivity index (χ4v) is 1.45. The van der Waals surface area contributed by atoms with E-state index in [-0.39, 0.29) is 0 Å². The number of hydrogen-bond acceptors (Lipinski definition) is 2. The van der Waals surface area contributed by atoms with E-state index in [1.165, 1.54) is 6.20 Å². The second-order valence-electron chi connectivity index (χ2n) is 2.39. The van der Waals surface area contributed by atoms with Crippen LogP contribution in [0.15, 0.2) is 23.9 Å². The van der Waals surface area contributed by atoms with Crippen molar-refractivity contribution < 1.29 is 8.42 Å². The van der Waals surface area contributed by atoms with Gasteiger partial charge in [0.2, 0.25) is 0 Å². The van der Waals surface area contributed by atoms with Crippen LogP contribution in [0.3, 0.4) is 0 Å². The summed E-state index contributed by atoms with van der Waals surface area (Å²) >= 11 is 0. The molecule has 1 aliphatic rings. The van der Waals surface area contributed by atoms with E-state index < -0.39 is 10.2 Å². The maximum absolute atomic E-state index is 10.8. The van der Waals surface area contributed by atoms with Crippen molar-refractivity contribution in [1.29, 1.82) is 0 Å². The topological polar surface area (TPSA) is 63.4 Å². The largest absolute Gasteiger partial charge is 0.298 e. The first-order chi connectivity index (χ1) is 5.00. The van der Waals surface area contributed by atoms with E-state index in [4.69, 9.17) is 5.14 Å². The van der Waals surface area contributed by atoms with Crippen molar-refractivity contribution in [3.63, 3.8) is 0 Å². The van der Waals surface area contributed by atoms with Gasteiger partial charge < -0.3 is 0 Å². The molecule has 0 radical (unpaired) electrons. The van der Waals surface area contributed by atoms with Gasteiger partial charge in [-0.2, -0.15) is 8.42 Å². The highest BCUT2D eigenvalue weighted by Gasteiger charge is 2.12. The van der Waals surface area contributed by atoms with E-state index in [2.05, 4.69) is 0 Å². The van der Waals surface area contributed by atoms with Crippen molar-refractivity contribution in [2.45, 2.75) is 6.92 Å². The van der Waals surface area contributed by atoms with Gasteiger partial charge in [-0.3, -0.25) is 4.31 Å². The Morgan fingerprint density at radius 1 is 1.64 bits per heavy atom. The molecule has 0 atom stereocenters. The summed E-state index contributed by atoms with van der Waals surface area (Å²) in [4.78, 5) is 0. The van der Waals surface area contributed by atoms with E-state index in [1.54, 1.807) is 6.08 Å². The fourth-order valence-electron chi connectivity index (χ4n) is 0.843. The first-order valence-corrected chi connectivity index (χ1v) is 4.65. The van der Waals surface area contributed by atoms with Crippen LogP contribution >= 0.6 is 0 Å². The van der Waals surface area contributed by atoms with Crippen molar-refractivity contribution in [2.24, 2.45) is 5.14 Å². The Kier molecular flexibility index (Phi) is 2.01. The molecule has 0 aliphatic carbocycles. The maximum Gasteiger partial charge on any atom is 0.298 e. The molecule has 0 amide bonds. The lowest BCUT2D eigenvalue weighted by molar-refractivity contribution is 0.520. The molecule has 0 saturated heterocycles. The van der Waals surface area contributed by atoms with Crippen molar-refractivity contribution in [1.82, 2.24) is 4.31 Å². The van der Waals surface area contributed by atoms with Crippen molar-refractivity contribution in [3.05, 3.63) is 23.9 Å². The van der Waals surface area contributed by atoms with Gasteiger partial charge >= 0.3 is 0 Å². The Bertz CT molecular complexity index is 303. The summed E-state index contributed by atoms with van der Waals surface area (Å²) < 4.78 is 22.6. The highest BCUT2D eigenvalue weighted by Crippen LogP contribution is 2.07. The predicted octanol–water partition coefficient (Wildman–Crippen LogP) is -0.0345. The molecule has 62 valence electrons. The molecular formula is C6H10N2O2S. The molecule has 4 nitrogen and oxygen atoms in total. The van der Waals surface area contributed by atoms with Gasteiger partial charge in [0.25, 0.3) is 10.2 Å². The lowest BCUT2D eigenvalue weighted by Crippen LogP contribution is -2.33. The Morgan fingerprint density at radius 3 is 2.64 bits per heavy atom. The van der Waals surface area contributed by atoms with Gasteiger partial charge in [-0.05, 0) is 12.5 Å². The molecule has 0 spiro atoms. The molecular weight excluding hydrogens is 164 g/mol. The number of nitrogens with zero attached hydrogens (tertiary/aromatic N) is 1. The molecule has 11 heavy (non-hydrogen) atoms. The minimum absolute atomic E-state index is 0.330. The molecule has 5 heteroatoms. The maximum atomic E-state index is 10.8. The minimum atomic E-state index is -3.55. The molecule has 0 aromatic carbocycles. The van der Waals surface area contributed by atoms with Gasteiger partial charge in [0.05, 0.1) is 6.54 Å². The van der Waals surface area contributed by atoms with Crippen LogP contribution in [-0.4, -0.2) is 19.3 Å². The Balaban J connectivity index is 2.89. The molecule has 0 aromatic heterocycles. The van der Waals surface area contributed by atoms with Gasteiger partial charge in [0.1, 0.15) is 0 Å². The summed E-state index contributed by atoms with van der Waals surface area (Å²) in [5.41, 5.74) is 0.880. The summed E-state index contributed by atoms with van der Waals surface area (Å²) in [7, 11) is -3.55. The smallest absolute Gasteiger partial charge is 0.261 e. The van der Waals surface area contributed by atoms with Crippen molar-refractivity contribution in [2.75, 3.05) is 6.54 Å². The van der Waals surface area contributed by atoms with Gasteiger partial charge in [-0.15, -0.1) is 0 Å². The zero-order valence-corrected chi connectivity index (χ0v) is 7.00. The summed E-state index contributed by atoms with van der Waals surface area (Å²) in [6.45, 7) is 2.14. The van der Waals surface area contributed by atoms with Crippen LogP contribution in [0.2, 0.25) is 0 Å². The minimum Gasteiger partial charge on any atom is -0.261 e. The molecule has 1 heterocycles. The van der Waals surface area contributed by atoms with E-state index in [0.29, 0.717) is 6.54 Å². The number of rotatable bonds is 1. The molecule has 1 aliphatic heterocycles. The molecule has 0 unspecified atom stereocenters. The molecule has 0 bridgehead atoms. The molecule has 0 aromatic rings. The third-order valence-corrected chi connectivity index (χ3v) is 2.25. The van der Waals surface area contributed by atoms with Gasteiger partial charge in [-0.1, -0.05) is 12.2 Å². The molecule has 0 saturated carbocycles. The third kappa shape index (κ3) is 2.06. The van der Waals surface area contributed by atoms with Crippen LogP contribution in [0, 0.1) is 0 Å². The van der Waals surface area contributed by atoms with E-state index >= 15 is 0 Å². The number of nitrogens with two attached hydrogens (primary N) is 1. The molecule has 2 N–H and O–H groups in total. The van der Waals surface area contributed by atoms with Crippen molar-refractivity contribution in [3.8, 4) is 0 Å². The Labute approximate surface area is 66.2 Å². The predicted molar refractivity (Wildman–Crippen MR) is 42.7 cm³/mol.